The van der Waals surface area contributed by atoms with Crippen LogP contribution in [-0.4, -0.2) is 31.4 Å². The molecule has 2 aromatic carbocycles. The summed E-state index contributed by atoms with van der Waals surface area (Å²) in [5, 5.41) is 8.72. The SMILES string of the molecule is Cc1ccc(C(=O)NCC2CNC2)cc1NC(=O)c1ccccc1F. The Morgan fingerprint density at radius 1 is 1.16 bits per heavy atom. The molecule has 0 bridgehead atoms. The van der Waals surface area contributed by atoms with Crippen molar-refractivity contribution >= 4 is 17.5 Å². The molecule has 0 atom stereocenters. The standard InChI is InChI=1S/C19H20FN3O2/c1-12-6-7-14(18(24)22-11-13-9-21-10-13)8-17(12)23-19(25)15-4-2-3-5-16(15)20/h2-8,13,21H,9-11H2,1H3,(H,22,24)(H,23,25). The van der Waals surface area contributed by atoms with Crippen molar-refractivity contribution in [1.29, 1.82) is 0 Å². The van der Waals surface area contributed by atoms with Crippen LogP contribution in [0.2, 0.25) is 0 Å². The van der Waals surface area contributed by atoms with Crippen molar-refractivity contribution in [2.75, 3.05) is 25.0 Å². The molecule has 25 heavy (non-hydrogen) atoms. The number of carbonyl (C=O) groups excluding carboxylic acids is 2. The van der Waals surface area contributed by atoms with Crippen LogP contribution < -0.4 is 16.0 Å². The van der Waals surface area contributed by atoms with Crippen molar-refractivity contribution in [3.8, 4) is 0 Å². The first-order valence-corrected chi connectivity index (χ1v) is 8.20. The van der Waals surface area contributed by atoms with Gasteiger partial charge in [0, 0.05) is 36.8 Å². The number of benzene rings is 2. The monoisotopic (exact) mass is 341 g/mol. The molecule has 2 amide bonds. The molecule has 130 valence electrons. The average Bonchev–Trinajstić information content (AvgIpc) is 2.55. The van der Waals surface area contributed by atoms with Crippen molar-refractivity contribution in [2.45, 2.75) is 6.92 Å². The van der Waals surface area contributed by atoms with E-state index in [9.17, 15) is 14.0 Å². The number of anilines is 1. The van der Waals surface area contributed by atoms with Crippen LogP contribution in [0.25, 0.3) is 0 Å². The Balaban J connectivity index is 1.71. The molecule has 0 aliphatic carbocycles. The lowest BCUT2D eigenvalue weighted by atomic mass is 10.0. The second-order valence-corrected chi connectivity index (χ2v) is 6.20. The van der Waals surface area contributed by atoms with Gasteiger partial charge in [0.2, 0.25) is 0 Å². The van der Waals surface area contributed by atoms with Crippen LogP contribution in [-0.2, 0) is 0 Å². The Morgan fingerprint density at radius 3 is 2.60 bits per heavy atom. The van der Waals surface area contributed by atoms with Crippen molar-refractivity contribution in [1.82, 2.24) is 10.6 Å². The van der Waals surface area contributed by atoms with Crippen LogP contribution in [0, 0.1) is 18.7 Å². The molecular weight excluding hydrogens is 321 g/mol. The molecule has 0 spiro atoms. The molecular formula is C19H20FN3O2. The van der Waals surface area contributed by atoms with Crippen LogP contribution in [0.4, 0.5) is 10.1 Å². The Kier molecular flexibility index (Phi) is 5.09. The van der Waals surface area contributed by atoms with Gasteiger partial charge in [0.15, 0.2) is 0 Å². The number of carbonyl (C=O) groups is 2. The van der Waals surface area contributed by atoms with E-state index in [1.54, 1.807) is 24.3 Å². The normalized spacial score (nSPS) is 13.8. The van der Waals surface area contributed by atoms with Gasteiger partial charge in [0.05, 0.1) is 5.56 Å². The lowest BCUT2D eigenvalue weighted by Gasteiger charge is -2.27. The van der Waals surface area contributed by atoms with Gasteiger partial charge in [-0.25, -0.2) is 4.39 Å². The lowest BCUT2D eigenvalue weighted by Crippen LogP contribution is -2.48. The molecule has 0 aromatic heterocycles. The molecule has 3 N–H and O–H groups in total. The largest absolute Gasteiger partial charge is 0.352 e. The summed E-state index contributed by atoms with van der Waals surface area (Å²) >= 11 is 0. The summed E-state index contributed by atoms with van der Waals surface area (Å²) < 4.78 is 13.7. The quantitative estimate of drug-likeness (QED) is 0.782. The molecule has 6 heteroatoms. The summed E-state index contributed by atoms with van der Waals surface area (Å²) in [6.45, 7) is 4.27. The van der Waals surface area contributed by atoms with Gasteiger partial charge in [-0.2, -0.15) is 0 Å². The molecule has 1 aliphatic heterocycles. The third-order valence-corrected chi connectivity index (χ3v) is 4.28. The second kappa shape index (κ2) is 7.44. The summed E-state index contributed by atoms with van der Waals surface area (Å²) in [6, 6.07) is 10.9. The molecule has 1 aliphatic rings. The highest BCUT2D eigenvalue weighted by Crippen LogP contribution is 2.19. The first-order chi connectivity index (χ1) is 12.0. The summed E-state index contributed by atoms with van der Waals surface area (Å²) in [7, 11) is 0. The summed E-state index contributed by atoms with van der Waals surface area (Å²) in [5.41, 5.74) is 1.71. The van der Waals surface area contributed by atoms with Gasteiger partial charge < -0.3 is 16.0 Å². The smallest absolute Gasteiger partial charge is 0.258 e. The average molecular weight is 341 g/mol. The summed E-state index contributed by atoms with van der Waals surface area (Å²) in [4.78, 5) is 24.5. The van der Waals surface area contributed by atoms with Crippen LogP contribution in [0.1, 0.15) is 26.3 Å². The van der Waals surface area contributed by atoms with E-state index in [1.807, 2.05) is 6.92 Å². The van der Waals surface area contributed by atoms with Gasteiger partial charge in [-0.1, -0.05) is 18.2 Å². The molecule has 1 saturated heterocycles. The number of nitrogens with one attached hydrogen (secondary N) is 3. The predicted octanol–water partition coefficient (Wildman–Crippen LogP) is 2.34. The number of hydrogen-bond donors (Lipinski definition) is 3. The molecule has 2 aromatic rings. The fourth-order valence-corrected chi connectivity index (χ4v) is 2.56. The molecule has 5 nitrogen and oxygen atoms in total. The minimum atomic E-state index is -0.583. The number of rotatable bonds is 5. The summed E-state index contributed by atoms with van der Waals surface area (Å²) in [6.07, 6.45) is 0. The van der Waals surface area contributed by atoms with Crippen LogP contribution in [0.5, 0.6) is 0 Å². The number of amides is 2. The molecule has 0 unspecified atom stereocenters. The highest BCUT2D eigenvalue weighted by atomic mass is 19.1. The van der Waals surface area contributed by atoms with Gasteiger partial charge >= 0.3 is 0 Å². The van der Waals surface area contributed by atoms with Crippen molar-refractivity contribution < 1.29 is 14.0 Å². The van der Waals surface area contributed by atoms with E-state index < -0.39 is 11.7 Å². The predicted molar refractivity (Wildman–Crippen MR) is 94.2 cm³/mol. The Labute approximate surface area is 145 Å². The maximum Gasteiger partial charge on any atom is 0.258 e. The van der Waals surface area contributed by atoms with E-state index in [0.29, 0.717) is 23.7 Å². The number of hydrogen-bond acceptors (Lipinski definition) is 3. The molecule has 0 radical (unpaired) electrons. The van der Waals surface area contributed by atoms with E-state index in [2.05, 4.69) is 16.0 Å². The fraction of sp³-hybridized carbons (Fsp3) is 0.263. The molecule has 0 saturated carbocycles. The van der Waals surface area contributed by atoms with Crippen molar-refractivity contribution in [3.05, 3.63) is 65.0 Å². The minimum absolute atomic E-state index is 0.0331. The Morgan fingerprint density at radius 2 is 1.92 bits per heavy atom. The van der Waals surface area contributed by atoms with Gasteiger partial charge in [0.1, 0.15) is 5.82 Å². The highest BCUT2D eigenvalue weighted by Gasteiger charge is 2.18. The van der Waals surface area contributed by atoms with Crippen LogP contribution in [0.3, 0.4) is 0 Å². The first kappa shape index (κ1) is 17.1. The summed E-state index contributed by atoms with van der Waals surface area (Å²) in [5.74, 6) is -0.845. The van der Waals surface area contributed by atoms with Crippen molar-refractivity contribution in [3.63, 3.8) is 0 Å². The van der Waals surface area contributed by atoms with Gasteiger partial charge in [-0.15, -0.1) is 0 Å². The molecule has 3 rings (SSSR count). The third-order valence-electron chi connectivity index (χ3n) is 4.28. The minimum Gasteiger partial charge on any atom is -0.352 e. The van der Waals surface area contributed by atoms with E-state index in [4.69, 9.17) is 0 Å². The maximum atomic E-state index is 13.7. The van der Waals surface area contributed by atoms with Crippen molar-refractivity contribution in [2.24, 2.45) is 5.92 Å². The Bertz CT molecular complexity index is 803. The van der Waals surface area contributed by atoms with E-state index in [0.717, 1.165) is 18.7 Å². The third kappa shape index (κ3) is 4.03. The van der Waals surface area contributed by atoms with E-state index >= 15 is 0 Å². The van der Waals surface area contributed by atoms with Gasteiger partial charge in [0.25, 0.3) is 11.8 Å². The topological polar surface area (TPSA) is 70.2 Å². The zero-order chi connectivity index (χ0) is 17.8. The van der Waals surface area contributed by atoms with Gasteiger partial charge in [-0.05, 0) is 36.8 Å². The second-order valence-electron chi connectivity index (χ2n) is 6.20. The van der Waals surface area contributed by atoms with E-state index in [-0.39, 0.29) is 11.5 Å². The van der Waals surface area contributed by atoms with Crippen LogP contribution >= 0.6 is 0 Å². The van der Waals surface area contributed by atoms with Gasteiger partial charge in [-0.3, -0.25) is 9.59 Å². The van der Waals surface area contributed by atoms with Crippen LogP contribution in [0.15, 0.2) is 42.5 Å². The zero-order valence-corrected chi connectivity index (χ0v) is 13.9. The lowest BCUT2D eigenvalue weighted by molar-refractivity contribution is 0.0941. The molecule has 1 heterocycles. The first-order valence-electron chi connectivity index (χ1n) is 8.20. The number of aryl methyl sites for hydroxylation is 1. The zero-order valence-electron chi connectivity index (χ0n) is 13.9. The Hall–Kier alpha value is -2.73. The maximum absolute atomic E-state index is 13.7. The fourth-order valence-electron chi connectivity index (χ4n) is 2.56. The number of halogens is 1. The molecule has 1 fully saturated rings. The highest BCUT2D eigenvalue weighted by molar-refractivity contribution is 6.05. The van der Waals surface area contributed by atoms with E-state index in [1.165, 1.54) is 18.2 Å².